The van der Waals surface area contributed by atoms with Crippen LogP contribution in [0, 0.1) is 37.9 Å². The summed E-state index contributed by atoms with van der Waals surface area (Å²) >= 11 is 36.7. The fraction of sp³-hybridized carbons (Fsp3) is 0.385. The van der Waals surface area contributed by atoms with Crippen LogP contribution >= 0.6 is 69.6 Å². The Kier molecular flexibility index (Phi) is 49.9. The molecule has 0 aliphatic carbocycles. The summed E-state index contributed by atoms with van der Waals surface area (Å²) in [6, 6.07) is 87.5. The largest absolute Gasteiger partial charge is 0.381 e. The van der Waals surface area contributed by atoms with Crippen LogP contribution in [0.1, 0.15) is 228 Å². The van der Waals surface area contributed by atoms with E-state index in [0.717, 1.165) is 129 Å². The molecule has 0 aliphatic rings. The van der Waals surface area contributed by atoms with Crippen LogP contribution in [0.2, 0.25) is 30.1 Å². The van der Waals surface area contributed by atoms with Gasteiger partial charge in [-0.2, -0.15) is 16.8 Å². The Morgan fingerprint density at radius 1 is 0.238 bits per heavy atom. The zero-order valence-corrected chi connectivity index (χ0v) is 97.3. The third kappa shape index (κ3) is 44.1. The minimum atomic E-state index is -3.26. The first-order chi connectivity index (χ1) is 68.6. The van der Waals surface area contributed by atoms with Crippen molar-refractivity contribution in [1.82, 2.24) is 13.7 Å². The van der Waals surface area contributed by atoms with Gasteiger partial charge in [0.15, 0.2) is 17.3 Å². The van der Waals surface area contributed by atoms with Crippen LogP contribution < -0.4 is 0 Å². The van der Waals surface area contributed by atoms with E-state index in [-0.39, 0.29) is 41.4 Å². The summed E-state index contributed by atoms with van der Waals surface area (Å²) < 4.78 is 83.6. The van der Waals surface area contributed by atoms with Gasteiger partial charge in [0.05, 0.1) is 107 Å². The molecule has 0 fully saturated rings. The van der Waals surface area contributed by atoms with E-state index in [1.54, 1.807) is 54.6 Å². The summed E-state index contributed by atoms with van der Waals surface area (Å²) in [6.45, 7) is 63.1. The number of ketones is 3. The molecular formula is C122H153Cl6N3O14S2. The Morgan fingerprint density at radius 3 is 0.537 bits per heavy atom. The minimum absolute atomic E-state index is 0.0942. The van der Waals surface area contributed by atoms with Crippen LogP contribution in [0.5, 0.6) is 0 Å². The Bertz CT molecular complexity index is 6120. The Hall–Kier alpha value is -9.59. The molecule has 12 aromatic carbocycles. The van der Waals surface area contributed by atoms with Crippen molar-refractivity contribution in [2.45, 2.75) is 180 Å². The molecule has 3 aromatic heterocycles. The molecule has 0 amide bonds. The van der Waals surface area contributed by atoms with Crippen LogP contribution in [0.4, 0.5) is 0 Å². The molecule has 0 N–H and O–H groups in total. The maximum atomic E-state index is 12.9. The quantitative estimate of drug-likeness (QED) is 0.0433. The molecule has 794 valence electrons. The van der Waals surface area contributed by atoms with Crippen molar-refractivity contribution in [3.8, 4) is 17.1 Å². The van der Waals surface area contributed by atoms with Crippen LogP contribution in [-0.4, -0.2) is 140 Å². The normalized spacial score (nSPS) is 11.8. The second kappa shape index (κ2) is 58.1. The molecule has 0 unspecified atom stereocenters. The lowest BCUT2D eigenvalue weighted by Crippen LogP contribution is -2.17. The summed E-state index contributed by atoms with van der Waals surface area (Å²) in [7, 11) is -6.51. The number of hydrogen-bond donors (Lipinski definition) is 0. The first-order valence-corrected chi connectivity index (χ1v) is 55.3. The summed E-state index contributed by atoms with van der Waals surface area (Å²) in [5.74, 6) is -0.441. The highest BCUT2D eigenvalue weighted by atomic mass is 35.5. The fourth-order valence-corrected chi connectivity index (χ4v) is 16.2. The number of rotatable bonds is 23. The van der Waals surface area contributed by atoms with Crippen LogP contribution in [0.25, 0.3) is 82.5 Å². The number of hydrogen-bond acceptors (Lipinski definition) is 14. The summed E-state index contributed by atoms with van der Waals surface area (Å²) in [6.07, 6.45) is 2.11. The zero-order chi connectivity index (χ0) is 110. The van der Waals surface area contributed by atoms with Crippen molar-refractivity contribution >= 4 is 173 Å². The van der Waals surface area contributed by atoms with Crippen molar-refractivity contribution in [1.29, 1.82) is 0 Å². The highest BCUT2D eigenvalue weighted by molar-refractivity contribution is 7.86. The molecule has 25 heteroatoms. The first-order valence-electron chi connectivity index (χ1n) is 49.4. The van der Waals surface area contributed by atoms with Gasteiger partial charge in [-0.05, 0) is 236 Å². The molecule has 3 heterocycles. The van der Waals surface area contributed by atoms with Gasteiger partial charge in [-0.25, -0.2) is 0 Å². The molecule has 0 atom stereocenters. The van der Waals surface area contributed by atoms with Crippen molar-refractivity contribution < 1.29 is 63.3 Å². The van der Waals surface area contributed by atoms with Crippen LogP contribution in [0.15, 0.2) is 273 Å². The van der Waals surface area contributed by atoms with E-state index in [1.165, 1.54) is 32.3 Å². The van der Waals surface area contributed by atoms with E-state index < -0.39 is 20.2 Å². The van der Waals surface area contributed by atoms with E-state index in [0.29, 0.717) is 90.6 Å². The second-order valence-electron chi connectivity index (χ2n) is 43.7. The number of carbonyl (C=O) groups excluding carboxylic acids is 3. The lowest BCUT2D eigenvalue weighted by atomic mass is 9.99. The van der Waals surface area contributed by atoms with Gasteiger partial charge < -0.3 is 37.4 Å². The minimum Gasteiger partial charge on any atom is -0.381 e. The van der Waals surface area contributed by atoms with Crippen molar-refractivity contribution in [2.24, 2.45) is 37.9 Å². The van der Waals surface area contributed by atoms with Gasteiger partial charge >= 0.3 is 0 Å². The summed E-state index contributed by atoms with van der Waals surface area (Å²) in [5, 5.41) is 9.86. The number of ether oxygens (including phenoxy) is 5. The van der Waals surface area contributed by atoms with Gasteiger partial charge in [0, 0.05) is 131 Å². The van der Waals surface area contributed by atoms with Gasteiger partial charge in [0.2, 0.25) is 0 Å². The van der Waals surface area contributed by atoms with E-state index in [9.17, 15) is 31.2 Å². The molecule has 0 saturated heterocycles. The SMILES string of the molecule is CC(C)(C)COS(C)(=O)=O.CC(C)(C)COS(C)(=O)=O.CCOCC(C)(C)C.CCOCC(C)(C)C.CCOCC(C)(C)C.CCOCC(C)(C)C.CCOCC(C)(C)C.O=C(c1ccc(-n2c3ccccc3c3ccccc32)cc1)c1cc(Cl)ccc1Cl.O=C(c1ccc(-n2c3ccccc3c3ccccc32)cc1)c1cc(Cl)ccc1Cl.O=C(c1ccc(-n2c3ccccc3c3ccccc32)cc1)c1cc(Cl)ccc1Cl. The lowest BCUT2D eigenvalue weighted by molar-refractivity contribution is 0.0805. The second-order valence-corrected chi connectivity index (χ2v) is 49.5. The maximum Gasteiger partial charge on any atom is 0.264 e. The van der Waals surface area contributed by atoms with E-state index in [1.807, 2.05) is 185 Å². The number of para-hydroxylation sites is 6. The van der Waals surface area contributed by atoms with Gasteiger partial charge in [0.1, 0.15) is 0 Å². The number of benzene rings is 12. The number of aromatic nitrogens is 3. The molecule has 0 radical (unpaired) electrons. The summed E-state index contributed by atoms with van der Waals surface area (Å²) in [5.41, 5.74) is 14.2. The molecule has 0 bridgehead atoms. The van der Waals surface area contributed by atoms with E-state index in [4.69, 9.17) is 93.3 Å². The molecule has 147 heavy (non-hydrogen) atoms. The fourth-order valence-electron chi connectivity index (χ4n) is 14.0. The lowest BCUT2D eigenvalue weighted by Gasteiger charge is -2.16. The van der Waals surface area contributed by atoms with Gasteiger partial charge in [-0.1, -0.05) is 324 Å². The Balaban J connectivity index is 0.000000265. The smallest absolute Gasteiger partial charge is 0.264 e. The Labute approximate surface area is 905 Å². The van der Waals surface area contributed by atoms with Gasteiger partial charge in [-0.3, -0.25) is 22.7 Å². The number of fused-ring (bicyclic) bond motifs is 9. The molecular weight excluding hydrogens is 2010 g/mol. The molecule has 15 aromatic rings. The van der Waals surface area contributed by atoms with Crippen LogP contribution in [-0.2, 0) is 52.3 Å². The number of halogens is 6. The molecule has 0 aliphatic heterocycles. The Morgan fingerprint density at radius 2 is 0.401 bits per heavy atom. The van der Waals surface area contributed by atoms with Gasteiger partial charge in [0.25, 0.3) is 20.2 Å². The predicted molar refractivity (Wildman–Crippen MR) is 622 cm³/mol. The van der Waals surface area contributed by atoms with Crippen molar-refractivity contribution in [2.75, 3.05) is 91.8 Å². The highest BCUT2D eigenvalue weighted by Gasteiger charge is 2.23. The van der Waals surface area contributed by atoms with E-state index in [2.05, 4.69) is 235 Å². The van der Waals surface area contributed by atoms with Crippen molar-refractivity contribution in [3.63, 3.8) is 0 Å². The first kappa shape index (κ1) is 126. The third-order valence-corrected chi connectivity index (χ3v) is 23.3. The summed E-state index contributed by atoms with van der Waals surface area (Å²) in [4.78, 5) is 38.7. The third-order valence-electron chi connectivity index (χ3n) is 20.5. The maximum absolute atomic E-state index is 12.9. The predicted octanol–water partition coefficient (Wildman–Crippen LogP) is 34.3. The monoisotopic (exact) mass is 2160 g/mol. The number of carbonyl (C=O) groups is 3. The van der Waals surface area contributed by atoms with E-state index >= 15 is 0 Å². The molecule has 0 saturated carbocycles. The van der Waals surface area contributed by atoms with Gasteiger partial charge in [-0.15, -0.1) is 0 Å². The average Bonchev–Trinajstić information content (AvgIpc) is 1.61. The average molecular weight is 2160 g/mol. The zero-order valence-electron chi connectivity index (χ0n) is 91.1. The van der Waals surface area contributed by atoms with Crippen LogP contribution in [0.3, 0.4) is 0 Å². The van der Waals surface area contributed by atoms with Crippen molar-refractivity contribution in [3.05, 3.63) is 337 Å². The molecule has 17 nitrogen and oxygen atoms in total. The highest BCUT2D eigenvalue weighted by Crippen LogP contribution is 2.38. The molecule has 15 rings (SSSR count). The topological polar surface area (TPSA) is 199 Å². The standard InChI is InChI=1S/3C25H15Cl2NO.5C7H16O.2C6H14O3S/c3*26-17-11-14-22(27)21(15-17)25(29)16-9-12-18(13-10-16)28-23-7-3-1-5-19(23)20-6-2-4-8-24(20)28;5*1-5-8-6-7(2,3)4;2*1-6(2,3)5-9-10(4,7)8/h3*1-15H;5*5-6H2,1-4H3;2*5H2,1-4H3. The number of nitrogens with zero attached hydrogens (tertiary/aromatic N) is 3. The molecule has 0 spiro atoms.